The van der Waals surface area contributed by atoms with Crippen molar-refractivity contribution >= 4 is 5.91 Å². The van der Waals surface area contributed by atoms with Gasteiger partial charge in [-0.25, -0.2) is 0 Å². The van der Waals surface area contributed by atoms with E-state index in [1.165, 1.54) is 0 Å². The maximum atomic E-state index is 11.0. The van der Waals surface area contributed by atoms with E-state index in [1.54, 1.807) is 6.07 Å². The van der Waals surface area contributed by atoms with Gasteiger partial charge >= 0.3 is 0 Å². The normalized spacial score (nSPS) is 14.2. The Hall–Kier alpha value is -1.55. The third-order valence-corrected chi connectivity index (χ3v) is 2.35. The van der Waals surface area contributed by atoms with Crippen LogP contribution in [0.15, 0.2) is 24.3 Å². The zero-order valence-corrected chi connectivity index (χ0v) is 9.64. The molecule has 4 nitrogen and oxygen atoms in total. The molecule has 1 amide bonds. The van der Waals surface area contributed by atoms with Gasteiger partial charge < -0.3 is 16.2 Å². The van der Waals surface area contributed by atoms with E-state index in [4.69, 9.17) is 16.2 Å². The van der Waals surface area contributed by atoms with Crippen LogP contribution in [0.5, 0.6) is 5.75 Å². The second-order valence-corrected chi connectivity index (χ2v) is 3.78. The van der Waals surface area contributed by atoms with Gasteiger partial charge in [0.15, 0.2) is 6.10 Å². The molecule has 4 N–H and O–H groups in total. The van der Waals surface area contributed by atoms with Gasteiger partial charge in [0.1, 0.15) is 5.75 Å². The SMILES string of the molecule is CCC(Oc1cccc(C(C)N)c1)C(N)=O. The zero-order chi connectivity index (χ0) is 12.1. The summed E-state index contributed by atoms with van der Waals surface area (Å²) in [7, 11) is 0. The molecule has 0 saturated carbocycles. The van der Waals surface area contributed by atoms with E-state index in [-0.39, 0.29) is 6.04 Å². The Morgan fingerprint density at radius 3 is 2.69 bits per heavy atom. The minimum absolute atomic E-state index is 0.0581. The van der Waals surface area contributed by atoms with Gasteiger partial charge in [0.05, 0.1) is 0 Å². The summed E-state index contributed by atoms with van der Waals surface area (Å²) in [5.41, 5.74) is 11.9. The van der Waals surface area contributed by atoms with E-state index < -0.39 is 12.0 Å². The van der Waals surface area contributed by atoms with Crippen LogP contribution in [0, 0.1) is 0 Å². The number of amides is 1. The van der Waals surface area contributed by atoms with Gasteiger partial charge in [0.25, 0.3) is 5.91 Å². The number of nitrogens with two attached hydrogens (primary N) is 2. The zero-order valence-electron chi connectivity index (χ0n) is 9.64. The lowest BCUT2D eigenvalue weighted by atomic mass is 10.1. The molecular formula is C12H18N2O2. The Morgan fingerprint density at radius 1 is 1.50 bits per heavy atom. The van der Waals surface area contributed by atoms with E-state index in [0.29, 0.717) is 12.2 Å². The second kappa shape index (κ2) is 5.51. The lowest BCUT2D eigenvalue weighted by Gasteiger charge is -2.15. The number of ether oxygens (including phenoxy) is 1. The molecule has 1 aromatic carbocycles. The summed E-state index contributed by atoms with van der Waals surface area (Å²) in [4.78, 5) is 11.0. The van der Waals surface area contributed by atoms with Gasteiger partial charge in [0, 0.05) is 6.04 Å². The third kappa shape index (κ3) is 3.24. The Labute approximate surface area is 95.6 Å². The summed E-state index contributed by atoms with van der Waals surface area (Å²) in [6.07, 6.45) is -0.0269. The molecule has 2 unspecified atom stereocenters. The van der Waals surface area contributed by atoms with Gasteiger partial charge in [-0.3, -0.25) is 4.79 Å². The molecule has 16 heavy (non-hydrogen) atoms. The third-order valence-electron chi connectivity index (χ3n) is 2.35. The number of benzene rings is 1. The molecule has 1 rings (SSSR count). The number of hydrogen-bond donors (Lipinski definition) is 2. The summed E-state index contributed by atoms with van der Waals surface area (Å²) in [6, 6.07) is 7.33. The molecule has 2 atom stereocenters. The van der Waals surface area contributed by atoms with E-state index in [1.807, 2.05) is 32.0 Å². The summed E-state index contributed by atoms with van der Waals surface area (Å²) < 4.78 is 5.49. The maximum Gasteiger partial charge on any atom is 0.258 e. The predicted octanol–water partition coefficient (Wildman–Crippen LogP) is 1.35. The highest BCUT2D eigenvalue weighted by atomic mass is 16.5. The Morgan fingerprint density at radius 2 is 2.19 bits per heavy atom. The maximum absolute atomic E-state index is 11.0. The molecule has 0 saturated heterocycles. The minimum Gasteiger partial charge on any atom is -0.481 e. The Kier molecular flexibility index (Phi) is 4.31. The first-order chi connectivity index (χ1) is 7.54. The molecule has 0 radical (unpaired) electrons. The van der Waals surface area contributed by atoms with Gasteiger partial charge in [0.2, 0.25) is 0 Å². The molecule has 0 aliphatic rings. The first-order valence-corrected chi connectivity index (χ1v) is 5.36. The second-order valence-electron chi connectivity index (χ2n) is 3.78. The largest absolute Gasteiger partial charge is 0.481 e. The molecule has 1 aromatic rings. The monoisotopic (exact) mass is 222 g/mol. The van der Waals surface area contributed by atoms with Crippen LogP contribution in [0.4, 0.5) is 0 Å². The summed E-state index contributed by atoms with van der Waals surface area (Å²) in [5.74, 6) is 0.175. The lowest BCUT2D eigenvalue weighted by molar-refractivity contribution is -0.124. The van der Waals surface area contributed by atoms with E-state index in [2.05, 4.69) is 0 Å². The van der Waals surface area contributed by atoms with Gasteiger partial charge in [-0.2, -0.15) is 0 Å². The lowest BCUT2D eigenvalue weighted by Crippen LogP contribution is -2.33. The van der Waals surface area contributed by atoms with Crippen LogP contribution in [-0.4, -0.2) is 12.0 Å². The average molecular weight is 222 g/mol. The van der Waals surface area contributed by atoms with Crippen molar-refractivity contribution in [3.8, 4) is 5.75 Å². The van der Waals surface area contributed by atoms with Gasteiger partial charge in [-0.15, -0.1) is 0 Å². The molecular weight excluding hydrogens is 204 g/mol. The molecule has 0 heterocycles. The fraction of sp³-hybridized carbons (Fsp3) is 0.417. The van der Waals surface area contributed by atoms with Crippen LogP contribution in [0.3, 0.4) is 0 Å². The highest BCUT2D eigenvalue weighted by molar-refractivity contribution is 5.79. The number of carbonyl (C=O) groups is 1. The van der Waals surface area contributed by atoms with E-state index >= 15 is 0 Å². The number of carbonyl (C=O) groups excluding carboxylic acids is 1. The Bertz CT molecular complexity index is 364. The molecule has 0 aliphatic carbocycles. The smallest absolute Gasteiger partial charge is 0.258 e. The molecule has 0 spiro atoms. The van der Waals surface area contributed by atoms with Gasteiger partial charge in [-0.1, -0.05) is 19.1 Å². The van der Waals surface area contributed by atoms with Crippen molar-refractivity contribution in [1.29, 1.82) is 0 Å². The van der Waals surface area contributed by atoms with Crippen molar-refractivity contribution in [1.82, 2.24) is 0 Å². The fourth-order valence-electron chi connectivity index (χ4n) is 1.38. The highest BCUT2D eigenvalue weighted by Gasteiger charge is 2.14. The van der Waals surface area contributed by atoms with Crippen molar-refractivity contribution in [2.75, 3.05) is 0 Å². The van der Waals surface area contributed by atoms with Crippen molar-refractivity contribution in [2.24, 2.45) is 11.5 Å². The fourth-order valence-corrected chi connectivity index (χ4v) is 1.38. The van der Waals surface area contributed by atoms with Crippen LogP contribution in [0.2, 0.25) is 0 Å². The van der Waals surface area contributed by atoms with Crippen molar-refractivity contribution in [2.45, 2.75) is 32.4 Å². The number of primary amides is 1. The number of rotatable bonds is 5. The Balaban J connectivity index is 2.80. The highest BCUT2D eigenvalue weighted by Crippen LogP contribution is 2.19. The van der Waals surface area contributed by atoms with Gasteiger partial charge in [-0.05, 0) is 31.0 Å². The van der Waals surface area contributed by atoms with Crippen LogP contribution in [-0.2, 0) is 4.79 Å². The predicted molar refractivity (Wildman–Crippen MR) is 62.9 cm³/mol. The molecule has 88 valence electrons. The van der Waals surface area contributed by atoms with Crippen molar-refractivity contribution in [3.05, 3.63) is 29.8 Å². The summed E-state index contributed by atoms with van der Waals surface area (Å²) in [6.45, 7) is 3.75. The van der Waals surface area contributed by atoms with E-state index in [0.717, 1.165) is 5.56 Å². The first kappa shape index (κ1) is 12.5. The number of hydrogen-bond acceptors (Lipinski definition) is 3. The van der Waals surface area contributed by atoms with E-state index in [9.17, 15) is 4.79 Å². The standard InChI is InChI=1S/C12H18N2O2/c1-3-11(12(14)15)16-10-6-4-5-9(7-10)8(2)13/h4-8,11H,3,13H2,1-2H3,(H2,14,15). The minimum atomic E-state index is -0.580. The van der Waals surface area contributed by atoms with Crippen molar-refractivity contribution < 1.29 is 9.53 Å². The molecule has 0 aromatic heterocycles. The first-order valence-electron chi connectivity index (χ1n) is 5.36. The van der Waals surface area contributed by atoms with Crippen LogP contribution in [0.1, 0.15) is 31.9 Å². The molecule has 0 aliphatic heterocycles. The average Bonchev–Trinajstić information content (AvgIpc) is 2.25. The summed E-state index contributed by atoms with van der Waals surface area (Å²) in [5, 5.41) is 0. The van der Waals surface area contributed by atoms with Crippen molar-refractivity contribution in [3.63, 3.8) is 0 Å². The van der Waals surface area contributed by atoms with Crippen LogP contribution in [0.25, 0.3) is 0 Å². The van der Waals surface area contributed by atoms with Crippen LogP contribution >= 0.6 is 0 Å². The molecule has 4 heteroatoms. The molecule has 0 fully saturated rings. The molecule has 0 bridgehead atoms. The summed E-state index contributed by atoms with van der Waals surface area (Å²) >= 11 is 0. The topological polar surface area (TPSA) is 78.3 Å². The quantitative estimate of drug-likeness (QED) is 0.789. The van der Waals surface area contributed by atoms with Crippen LogP contribution < -0.4 is 16.2 Å².